The van der Waals surface area contributed by atoms with Crippen LogP contribution in [0.3, 0.4) is 0 Å². The van der Waals surface area contributed by atoms with Crippen molar-refractivity contribution >= 4 is 0 Å². The lowest BCUT2D eigenvalue weighted by Crippen LogP contribution is -2.41. The highest BCUT2D eigenvalue weighted by atomic mass is 16.5. The lowest BCUT2D eigenvalue weighted by atomic mass is 9.85. The van der Waals surface area contributed by atoms with Crippen molar-refractivity contribution in [3.8, 4) is 0 Å². The van der Waals surface area contributed by atoms with Crippen molar-refractivity contribution in [3.63, 3.8) is 0 Å². The second-order valence-electron chi connectivity index (χ2n) is 7.31. The molecule has 2 heteroatoms. The van der Waals surface area contributed by atoms with E-state index in [2.05, 4.69) is 26.1 Å². The monoisotopic (exact) mass is 253 g/mol. The van der Waals surface area contributed by atoms with Gasteiger partial charge in [-0.25, -0.2) is 0 Å². The largest absolute Gasteiger partial charge is 0.378 e. The Morgan fingerprint density at radius 3 is 2.39 bits per heavy atom. The summed E-state index contributed by atoms with van der Waals surface area (Å²) < 4.78 is 5.85. The van der Waals surface area contributed by atoms with Gasteiger partial charge < -0.3 is 10.1 Å². The Hall–Kier alpha value is -0.0800. The molecule has 0 bridgehead atoms. The van der Waals surface area contributed by atoms with Crippen LogP contribution >= 0.6 is 0 Å². The molecule has 2 aliphatic rings. The predicted octanol–water partition coefficient (Wildman–Crippen LogP) is 3.75. The predicted molar refractivity (Wildman–Crippen MR) is 76.8 cm³/mol. The molecule has 2 fully saturated rings. The third kappa shape index (κ3) is 4.55. The molecule has 2 rings (SSSR count). The standard InChI is InChI=1S/C16H31NO/c1-16(2,3)17-12-14(13-7-4-5-8-13)11-15-9-6-10-18-15/h13-15,17H,4-12H2,1-3H3. The van der Waals surface area contributed by atoms with Gasteiger partial charge in [-0.1, -0.05) is 25.7 Å². The fourth-order valence-electron chi connectivity index (χ4n) is 3.48. The third-order valence-corrected chi connectivity index (χ3v) is 4.55. The Kier molecular flexibility index (Phi) is 5.08. The normalized spacial score (nSPS) is 27.8. The zero-order valence-electron chi connectivity index (χ0n) is 12.5. The van der Waals surface area contributed by atoms with Crippen molar-refractivity contribution in [2.24, 2.45) is 11.8 Å². The van der Waals surface area contributed by atoms with E-state index in [4.69, 9.17) is 4.74 Å². The summed E-state index contributed by atoms with van der Waals surface area (Å²) in [7, 11) is 0. The Balaban J connectivity index is 1.84. The molecule has 1 saturated carbocycles. The molecule has 106 valence electrons. The summed E-state index contributed by atoms with van der Waals surface area (Å²) in [6.07, 6.45) is 10.2. The fourth-order valence-corrected chi connectivity index (χ4v) is 3.48. The molecule has 1 N–H and O–H groups in total. The first-order valence-electron chi connectivity index (χ1n) is 7.91. The van der Waals surface area contributed by atoms with Gasteiger partial charge in [-0.15, -0.1) is 0 Å². The lowest BCUT2D eigenvalue weighted by molar-refractivity contribution is 0.0774. The van der Waals surface area contributed by atoms with E-state index in [-0.39, 0.29) is 5.54 Å². The van der Waals surface area contributed by atoms with Gasteiger partial charge in [0.25, 0.3) is 0 Å². The maximum atomic E-state index is 5.85. The first-order chi connectivity index (χ1) is 8.54. The van der Waals surface area contributed by atoms with Crippen molar-refractivity contribution in [3.05, 3.63) is 0 Å². The topological polar surface area (TPSA) is 21.3 Å². The average molecular weight is 253 g/mol. The molecular formula is C16H31NO. The Labute approximate surface area is 113 Å². The Morgan fingerprint density at radius 2 is 1.83 bits per heavy atom. The quantitative estimate of drug-likeness (QED) is 0.805. The zero-order valence-corrected chi connectivity index (χ0v) is 12.5. The van der Waals surface area contributed by atoms with Crippen LogP contribution < -0.4 is 5.32 Å². The van der Waals surface area contributed by atoms with E-state index in [0.717, 1.165) is 18.4 Å². The minimum atomic E-state index is 0.243. The molecule has 1 saturated heterocycles. The van der Waals surface area contributed by atoms with Crippen LogP contribution in [0.25, 0.3) is 0 Å². The lowest BCUT2D eigenvalue weighted by Gasteiger charge is -2.30. The van der Waals surface area contributed by atoms with E-state index in [1.807, 2.05) is 0 Å². The van der Waals surface area contributed by atoms with Crippen LogP contribution in [-0.2, 0) is 4.74 Å². The Bertz CT molecular complexity index is 234. The highest BCUT2D eigenvalue weighted by Gasteiger charge is 2.29. The smallest absolute Gasteiger partial charge is 0.0579 e. The van der Waals surface area contributed by atoms with Crippen LogP contribution in [0.4, 0.5) is 0 Å². The molecule has 0 amide bonds. The number of hydrogen-bond donors (Lipinski definition) is 1. The van der Waals surface area contributed by atoms with Gasteiger partial charge in [0.1, 0.15) is 0 Å². The molecule has 0 radical (unpaired) electrons. The summed E-state index contributed by atoms with van der Waals surface area (Å²) in [6.45, 7) is 8.98. The van der Waals surface area contributed by atoms with Gasteiger partial charge in [0.15, 0.2) is 0 Å². The van der Waals surface area contributed by atoms with Gasteiger partial charge in [0.2, 0.25) is 0 Å². The average Bonchev–Trinajstić information content (AvgIpc) is 2.95. The van der Waals surface area contributed by atoms with Gasteiger partial charge in [0, 0.05) is 12.1 Å². The van der Waals surface area contributed by atoms with Crippen LogP contribution in [0, 0.1) is 11.8 Å². The minimum absolute atomic E-state index is 0.243. The molecule has 2 unspecified atom stereocenters. The summed E-state index contributed by atoms with van der Waals surface area (Å²) in [6, 6.07) is 0. The van der Waals surface area contributed by atoms with E-state index in [1.165, 1.54) is 51.5 Å². The van der Waals surface area contributed by atoms with Gasteiger partial charge in [0.05, 0.1) is 6.10 Å². The molecule has 18 heavy (non-hydrogen) atoms. The molecule has 0 aromatic rings. The number of rotatable bonds is 5. The second kappa shape index (κ2) is 6.38. The van der Waals surface area contributed by atoms with E-state index in [0.29, 0.717) is 6.10 Å². The molecule has 1 heterocycles. The van der Waals surface area contributed by atoms with E-state index >= 15 is 0 Å². The van der Waals surface area contributed by atoms with Crippen molar-refractivity contribution in [2.75, 3.05) is 13.2 Å². The van der Waals surface area contributed by atoms with Gasteiger partial charge in [-0.2, -0.15) is 0 Å². The molecular weight excluding hydrogens is 222 g/mol. The van der Waals surface area contributed by atoms with E-state index in [9.17, 15) is 0 Å². The molecule has 0 aromatic heterocycles. The summed E-state index contributed by atoms with van der Waals surface area (Å²) in [5.41, 5.74) is 0.243. The molecule has 0 aromatic carbocycles. The minimum Gasteiger partial charge on any atom is -0.378 e. The summed E-state index contributed by atoms with van der Waals surface area (Å²) in [5.74, 6) is 1.78. The molecule has 0 spiro atoms. The highest BCUT2D eigenvalue weighted by Crippen LogP contribution is 2.35. The summed E-state index contributed by atoms with van der Waals surface area (Å²) in [5, 5.41) is 3.72. The molecule has 2 atom stereocenters. The summed E-state index contributed by atoms with van der Waals surface area (Å²) >= 11 is 0. The van der Waals surface area contributed by atoms with Gasteiger partial charge in [-0.05, 0) is 58.4 Å². The zero-order chi connectivity index (χ0) is 13.0. The van der Waals surface area contributed by atoms with Crippen LogP contribution in [0.15, 0.2) is 0 Å². The van der Waals surface area contributed by atoms with Gasteiger partial charge in [-0.3, -0.25) is 0 Å². The Morgan fingerprint density at radius 1 is 1.11 bits per heavy atom. The van der Waals surface area contributed by atoms with E-state index in [1.54, 1.807) is 0 Å². The van der Waals surface area contributed by atoms with Crippen molar-refractivity contribution in [2.45, 2.75) is 77.4 Å². The SMILES string of the molecule is CC(C)(C)NCC(CC1CCCO1)C1CCCC1. The van der Waals surface area contributed by atoms with Crippen molar-refractivity contribution < 1.29 is 4.74 Å². The highest BCUT2D eigenvalue weighted by molar-refractivity contribution is 4.83. The summed E-state index contributed by atoms with van der Waals surface area (Å²) in [4.78, 5) is 0. The third-order valence-electron chi connectivity index (χ3n) is 4.55. The van der Waals surface area contributed by atoms with Crippen LogP contribution in [-0.4, -0.2) is 24.8 Å². The maximum absolute atomic E-state index is 5.85. The van der Waals surface area contributed by atoms with Crippen molar-refractivity contribution in [1.82, 2.24) is 5.32 Å². The molecule has 1 aliphatic carbocycles. The van der Waals surface area contributed by atoms with Gasteiger partial charge >= 0.3 is 0 Å². The molecule has 1 aliphatic heterocycles. The van der Waals surface area contributed by atoms with Crippen LogP contribution in [0.2, 0.25) is 0 Å². The number of hydrogen-bond acceptors (Lipinski definition) is 2. The van der Waals surface area contributed by atoms with E-state index < -0.39 is 0 Å². The van der Waals surface area contributed by atoms with Crippen LogP contribution in [0.5, 0.6) is 0 Å². The first kappa shape index (κ1) is 14.3. The number of nitrogens with one attached hydrogen (secondary N) is 1. The van der Waals surface area contributed by atoms with Crippen molar-refractivity contribution in [1.29, 1.82) is 0 Å². The number of ether oxygens (including phenoxy) is 1. The van der Waals surface area contributed by atoms with Crippen LogP contribution in [0.1, 0.15) is 65.7 Å². The maximum Gasteiger partial charge on any atom is 0.0579 e. The fraction of sp³-hybridized carbons (Fsp3) is 1.00. The first-order valence-corrected chi connectivity index (χ1v) is 7.91. The second-order valence-corrected chi connectivity index (χ2v) is 7.31. The molecule has 2 nitrogen and oxygen atoms in total.